The highest BCUT2D eigenvalue weighted by Gasteiger charge is 2.29. The molecule has 1 atom stereocenters. The van der Waals surface area contributed by atoms with Gasteiger partial charge in [0.1, 0.15) is 0 Å². The summed E-state index contributed by atoms with van der Waals surface area (Å²) < 4.78 is 27.7. The van der Waals surface area contributed by atoms with Crippen molar-refractivity contribution in [2.75, 3.05) is 26.2 Å². The zero-order valence-corrected chi connectivity index (χ0v) is 11.8. The first kappa shape index (κ1) is 14.4. The molecule has 2 rings (SSSR count). The lowest BCUT2D eigenvalue weighted by molar-refractivity contribution is 0.245. The summed E-state index contributed by atoms with van der Waals surface area (Å²) in [4.78, 5) is 0. The fourth-order valence-corrected chi connectivity index (χ4v) is 3.90. The van der Waals surface area contributed by atoms with Crippen molar-refractivity contribution < 1.29 is 13.5 Å². The maximum atomic E-state index is 12.5. The lowest BCUT2D eigenvalue weighted by Crippen LogP contribution is -2.42. The van der Waals surface area contributed by atoms with Crippen molar-refractivity contribution in [3.8, 4) is 0 Å². The van der Waals surface area contributed by atoms with Crippen molar-refractivity contribution in [2.45, 2.75) is 23.9 Å². The van der Waals surface area contributed by atoms with Crippen molar-refractivity contribution in [3.63, 3.8) is 0 Å². The van der Waals surface area contributed by atoms with Crippen LogP contribution in [-0.4, -0.2) is 59.9 Å². The third-order valence-electron chi connectivity index (χ3n) is 3.32. The van der Waals surface area contributed by atoms with Crippen molar-refractivity contribution in [3.05, 3.63) is 12.3 Å². The molecule has 0 spiro atoms. The second-order valence-electron chi connectivity index (χ2n) is 4.67. The lowest BCUT2D eigenvalue weighted by atomic mass is 10.2. The molecule has 7 nitrogen and oxygen atoms in total. The molecular weight excluding hydrogens is 268 g/mol. The van der Waals surface area contributed by atoms with Gasteiger partial charge in [0.2, 0.25) is 0 Å². The third kappa shape index (κ3) is 3.14. The molecule has 1 aromatic rings. The quantitative estimate of drug-likeness (QED) is 0.712. The molecule has 0 amide bonds. The molecule has 0 bridgehead atoms. The Morgan fingerprint density at radius 3 is 2.95 bits per heavy atom. The van der Waals surface area contributed by atoms with E-state index in [0.717, 1.165) is 19.4 Å². The molecular formula is C11H20N4O3S. The molecule has 0 radical (unpaired) electrons. The second kappa shape index (κ2) is 6.00. The zero-order valence-electron chi connectivity index (χ0n) is 11.0. The van der Waals surface area contributed by atoms with E-state index in [1.165, 1.54) is 21.3 Å². The van der Waals surface area contributed by atoms with Gasteiger partial charge in [-0.3, -0.25) is 4.68 Å². The van der Waals surface area contributed by atoms with Crippen molar-refractivity contribution >= 4 is 10.0 Å². The minimum atomic E-state index is -3.60. The number of nitrogens with one attached hydrogen (secondary N) is 1. The van der Waals surface area contributed by atoms with Crippen LogP contribution in [-0.2, 0) is 17.1 Å². The minimum absolute atomic E-state index is 0.103. The molecule has 1 aromatic heterocycles. The van der Waals surface area contributed by atoms with Gasteiger partial charge in [-0.2, -0.15) is 9.40 Å². The Labute approximate surface area is 113 Å². The summed E-state index contributed by atoms with van der Waals surface area (Å²) in [6.45, 7) is 1.22. The highest BCUT2D eigenvalue weighted by molar-refractivity contribution is 7.89. The van der Waals surface area contributed by atoms with Gasteiger partial charge in [-0.25, -0.2) is 8.42 Å². The fraction of sp³-hybridized carbons (Fsp3) is 0.727. The molecule has 0 aliphatic carbocycles. The summed E-state index contributed by atoms with van der Waals surface area (Å²) in [7, 11) is -2.01. The zero-order chi connectivity index (χ0) is 13.9. The molecule has 19 heavy (non-hydrogen) atoms. The molecule has 1 aliphatic heterocycles. The maximum absolute atomic E-state index is 12.5. The first-order valence-corrected chi connectivity index (χ1v) is 7.82. The lowest BCUT2D eigenvalue weighted by Gasteiger charge is -2.24. The van der Waals surface area contributed by atoms with Crippen molar-refractivity contribution in [1.29, 1.82) is 0 Å². The second-order valence-corrected chi connectivity index (χ2v) is 6.56. The standard InChI is InChI=1S/C11H20N4O3S/c1-14-11(4-6-13-14)19(17,18)15(7-8-16)9-10-3-2-5-12-10/h4,6,10,12,16H,2-3,5,7-9H2,1H3. The number of rotatable bonds is 6. The van der Waals surface area contributed by atoms with Gasteiger partial charge >= 0.3 is 0 Å². The molecule has 8 heteroatoms. The fourth-order valence-electron chi connectivity index (χ4n) is 2.33. The predicted octanol–water partition coefficient (Wildman–Crippen LogP) is -0.845. The van der Waals surface area contributed by atoms with Crippen molar-refractivity contribution in [1.82, 2.24) is 19.4 Å². The van der Waals surface area contributed by atoms with Gasteiger partial charge in [0.25, 0.3) is 10.0 Å². The van der Waals surface area contributed by atoms with Crippen LogP contribution in [0.25, 0.3) is 0 Å². The molecule has 1 saturated heterocycles. The van der Waals surface area contributed by atoms with Crippen LogP contribution in [0.3, 0.4) is 0 Å². The van der Waals surface area contributed by atoms with Gasteiger partial charge < -0.3 is 10.4 Å². The van der Waals surface area contributed by atoms with E-state index in [4.69, 9.17) is 5.11 Å². The van der Waals surface area contributed by atoms with Crippen LogP contribution in [0.15, 0.2) is 17.3 Å². The Balaban J connectivity index is 2.19. The summed E-state index contributed by atoms with van der Waals surface area (Å²) in [5.74, 6) is 0. The Morgan fingerprint density at radius 1 is 1.63 bits per heavy atom. The SMILES string of the molecule is Cn1nccc1S(=O)(=O)N(CCO)CC1CCCN1. The first-order chi connectivity index (χ1) is 9.05. The molecule has 2 N–H and O–H groups in total. The van der Waals surface area contributed by atoms with E-state index < -0.39 is 10.0 Å². The number of aliphatic hydroxyl groups is 1. The topological polar surface area (TPSA) is 87.5 Å². The van der Waals surface area contributed by atoms with Crippen molar-refractivity contribution in [2.24, 2.45) is 7.05 Å². The molecule has 1 unspecified atom stereocenters. The van der Waals surface area contributed by atoms with Crippen LogP contribution in [0.4, 0.5) is 0 Å². The van der Waals surface area contributed by atoms with E-state index in [9.17, 15) is 8.42 Å². The number of nitrogens with zero attached hydrogens (tertiary/aromatic N) is 3. The van der Waals surface area contributed by atoms with Crippen LogP contribution in [0, 0.1) is 0 Å². The highest BCUT2D eigenvalue weighted by Crippen LogP contribution is 2.16. The van der Waals surface area contributed by atoms with Gasteiger partial charge in [-0.1, -0.05) is 0 Å². The van der Waals surface area contributed by atoms with Crippen LogP contribution in [0.5, 0.6) is 0 Å². The number of aliphatic hydroxyl groups excluding tert-OH is 1. The maximum Gasteiger partial charge on any atom is 0.260 e. The van der Waals surface area contributed by atoms with Crippen LogP contribution in [0.1, 0.15) is 12.8 Å². The Morgan fingerprint density at radius 2 is 2.42 bits per heavy atom. The normalized spacial score (nSPS) is 20.3. The van der Waals surface area contributed by atoms with Gasteiger partial charge in [0.15, 0.2) is 5.03 Å². The summed E-state index contributed by atoms with van der Waals surface area (Å²) in [6.07, 6.45) is 3.48. The van der Waals surface area contributed by atoms with E-state index in [1.54, 1.807) is 7.05 Å². The summed E-state index contributed by atoms with van der Waals surface area (Å²) in [5.41, 5.74) is 0. The molecule has 1 aliphatic rings. The van der Waals surface area contributed by atoms with E-state index in [-0.39, 0.29) is 24.2 Å². The van der Waals surface area contributed by atoms with E-state index in [1.807, 2.05) is 0 Å². The summed E-state index contributed by atoms with van der Waals surface area (Å²) in [6, 6.07) is 1.64. The Kier molecular flexibility index (Phi) is 4.56. The number of aryl methyl sites for hydroxylation is 1. The highest BCUT2D eigenvalue weighted by atomic mass is 32.2. The molecule has 0 saturated carbocycles. The van der Waals surface area contributed by atoms with E-state index in [2.05, 4.69) is 10.4 Å². The average molecular weight is 288 g/mol. The molecule has 1 fully saturated rings. The predicted molar refractivity (Wildman–Crippen MR) is 70.1 cm³/mol. The number of hydrogen-bond donors (Lipinski definition) is 2. The van der Waals surface area contributed by atoms with Gasteiger partial charge in [-0.05, 0) is 25.5 Å². The van der Waals surface area contributed by atoms with E-state index >= 15 is 0 Å². The Bertz CT molecular complexity index is 508. The minimum Gasteiger partial charge on any atom is -0.395 e. The van der Waals surface area contributed by atoms with Gasteiger partial charge in [0.05, 0.1) is 12.8 Å². The van der Waals surface area contributed by atoms with Gasteiger partial charge in [0, 0.05) is 26.2 Å². The molecule has 0 aromatic carbocycles. The van der Waals surface area contributed by atoms with Crippen LogP contribution >= 0.6 is 0 Å². The molecule has 108 valence electrons. The first-order valence-electron chi connectivity index (χ1n) is 6.38. The smallest absolute Gasteiger partial charge is 0.260 e. The average Bonchev–Trinajstić information content (AvgIpc) is 2.99. The number of hydrogen-bond acceptors (Lipinski definition) is 5. The largest absolute Gasteiger partial charge is 0.395 e. The summed E-state index contributed by atoms with van der Waals surface area (Å²) >= 11 is 0. The van der Waals surface area contributed by atoms with E-state index in [0.29, 0.717) is 6.54 Å². The third-order valence-corrected chi connectivity index (χ3v) is 5.26. The van der Waals surface area contributed by atoms with Gasteiger partial charge in [-0.15, -0.1) is 0 Å². The number of sulfonamides is 1. The van der Waals surface area contributed by atoms with Crippen LogP contribution in [0.2, 0.25) is 0 Å². The number of aromatic nitrogens is 2. The monoisotopic (exact) mass is 288 g/mol. The molecule has 2 heterocycles. The van der Waals surface area contributed by atoms with Crippen LogP contribution < -0.4 is 5.32 Å². The summed E-state index contributed by atoms with van der Waals surface area (Å²) in [5, 5.41) is 16.4. The Hall–Kier alpha value is -0.960.